The Kier molecular flexibility index (Phi) is 7.60. The Balaban J connectivity index is 0. The third-order valence-electron chi connectivity index (χ3n) is 0.583. The maximum absolute atomic E-state index is 10.3. The van der Waals surface area contributed by atoms with Crippen LogP contribution >= 0.6 is 0 Å². The number of rotatable bonds is 1. The van der Waals surface area contributed by atoms with Crippen LogP contribution in [-0.2, 0) is 37.5 Å². The van der Waals surface area contributed by atoms with Gasteiger partial charge in [-0.05, 0) is 14.1 Å². The third-order valence-corrected chi connectivity index (χ3v) is 0.583. The van der Waals surface area contributed by atoms with Gasteiger partial charge in [0.15, 0.2) is 0 Å². The fraction of sp³-hybridized carbons (Fsp3) is 0.400. The molecule has 0 aromatic carbocycles. The molecule has 0 aromatic rings. The molecule has 1 amide bonds. The van der Waals surface area contributed by atoms with E-state index >= 15 is 0 Å². The monoisotopic (exact) mass is 187 g/mol. The van der Waals surface area contributed by atoms with E-state index in [1.54, 1.807) is 14.1 Å². The van der Waals surface area contributed by atoms with Crippen LogP contribution in [0.5, 0.6) is 0 Å². The van der Waals surface area contributed by atoms with Crippen LogP contribution in [0.1, 0.15) is 0 Å². The summed E-state index contributed by atoms with van der Waals surface area (Å²) in [6, 6.07) is 0. The summed E-state index contributed by atoms with van der Waals surface area (Å²) in [4.78, 5) is 11.7. The summed E-state index contributed by atoms with van der Waals surface area (Å²) in [6.07, 6.45) is 1.03. The average Bonchev–Trinajstić information content (AvgIpc) is 1.65. The van der Waals surface area contributed by atoms with Crippen LogP contribution in [0.15, 0.2) is 6.08 Å². The summed E-state index contributed by atoms with van der Waals surface area (Å²) in [6.45, 7) is 4.86. The zero-order chi connectivity index (χ0) is 5.86. The molecule has 0 bridgehead atoms. The van der Waals surface area contributed by atoms with E-state index in [2.05, 4.69) is 0 Å². The van der Waals surface area contributed by atoms with Crippen LogP contribution in [0.2, 0.25) is 0 Å². The average molecular weight is 187 g/mol. The Bertz CT molecular complexity index is 90.4. The second-order valence-corrected chi connectivity index (χ2v) is 1.40. The van der Waals surface area contributed by atoms with Gasteiger partial charge in [-0.1, -0.05) is 0 Å². The van der Waals surface area contributed by atoms with E-state index in [9.17, 15) is 4.79 Å². The van der Waals surface area contributed by atoms with Crippen molar-refractivity contribution in [3.8, 4) is 0 Å². The SMILES string of the molecule is [CH-]=CC(=O)N(C)C.[Y]. The molecule has 0 unspecified atom stereocenters. The van der Waals surface area contributed by atoms with Crippen LogP contribution < -0.4 is 0 Å². The minimum atomic E-state index is -0.167. The molecule has 0 spiro atoms. The number of carbonyl (C=O) groups is 1. The van der Waals surface area contributed by atoms with Gasteiger partial charge in [-0.2, -0.15) is 6.08 Å². The van der Waals surface area contributed by atoms with Gasteiger partial charge in [-0.3, -0.25) is 6.58 Å². The standard InChI is InChI=1S/C5H8NO.Y/c1-4-5(7)6(2)3;/h1,4H,2-3H3;/q-1;. The Morgan fingerprint density at radius 3 is 2.00 bits per heavy atom. The van der Waals surface area contributed by atoms with Crippen molar-refractivity contribution in [3.63, 3.8) is 0 Å². The van der Waals surface area contributed by atoms with Crippen LogP contribution in [0.25, 0.3) is 0 Å². The van der Waals surface area contributed by atoms with Crippen LogP contribution in [0, 0.1) is 6.58 Å². The predicted molar refractivity (Wildman–Crippen MR) is 27.6 cm³/mol. The summed E-state index contributed by atoms with van der Waals surface area (Å²) in [5.41, 5.74) is 0. The quantitative estimate of drug-likeness (QED) is 0.420. The van der Waals surface area contributed by atoms with E-state index < -0.39 is 0 Å². The molecule has 0 saturated heterocycles. The van der Waals surface area contributed by atoms with E-state index in [1.807, 2.05) is 0 Å². The van der Waals surface area contributed by atoms with Crippen molar-refractivity contribution in [2.24, 2.45) is 0 Å². The molecule has 0 saturated carbocycles. The molecule has 0 fully saturated rings. The van der Waals surface area contributed by atoms with Gasteiger partial charge in [0.25, 0.3) is 0 Å². The van der Waals surface area contributed by atoms with Crippen LogP contribution in [0.3, 0.4) is 0 Å². The van der Waals surface area contributed by atoms with Crippen molar-refractivity contribution in [1.82, 2.24) is 4.90 Å². The largest absolute Gasteiger partial charge is 0.423 e. The van der Waals surface area contributed by atoms with Gasteiger partial charge in [0.05, 0.1) is 5.91 Å². The summed E-state index contributed by atoms with van der Waals surface area (Å²) < 4.78 is 0. The van der Waals surface area contributed by atoms with Gasteiger partial charge in [-0.25, -0.2) is 0 Å². The second kappa shape index (κ2) is 5.45. The molecule has 0 rings (SSSR count). The number of nitrogens with zero attached hydrogens (tertiary/aromatic N) is 1. The first-order chi connectivity index (χ1) is 3.18. The van der Waals surface area contributed by atoms with Gasteiger partial charge in [0, 0.05) is 32.7 Å². The minimum Gasteiger partial charge on any atom is -0.423 e. The second-order valence-electron chi connectivity index (χ2n) is 1.40. The van der Waals surface area contributed by atoms with Gasteiger partial charge in [-0.15, -0.1) is 0 Å². The third kappa shape index (κ3) is 4.47. The molecule has 0 aliphatic heterocycles. The topological polar surface area (TPSA) is 20.3 Å². The molecule has 0 aromatic heterocycles. The van der Waals surface area contributed by atoms with E-state index in [0.717, 1.165) is 6.08 Å². The Hall–Kier alpha value is 0.314. The van der Waals surface area contributed by atoms with Crippen molar-refractivity contribution in [2.45, 2.75) is 0 Å². The number of likely N-dealkylation sites (N-methyl/N-ethyl adjacent to an activating group) is 1. The van der Waals surface area contributed by atoms with Crippen molar-refractivity contribution in [3.05, 3.63) is 12.7 Å². The molecule has 0 heterocycles. The molecule has 1 radical (unpaired) electrons. The van der Waals surface area contributed by atoms with E-state index in [0.29, 0.717) is 0 Å². The van der Waals surface area contributed by atoms with Gasteiger partial charge in [0.2, 0.25) is 0 Å². The predicted octanol–water partition coefficient (Wildman–Crippen LogP) is 0.0613. The molecular formula is C5H8NOY-. The molecule has 3 heteroatoms. The molecule has 0 N–H and O–H groups in total. The smallest absolute Gasteiger partial charge is 0.0863 e. The van der Waals surface area contributed by atoms with E-state index in [1.165, 1.54) is 4.90 Å². The number of amides is 1. The molecule has 2 nitrogen and oxygen atoms in total. The van der Waals surface area contributed by atoms with Crippen molar-refractivity contribution >= 4 is 5.91 Å². The van der Waals surface area contributed by atoms with Crippen molar-refractivity contribution in [1.29, 1.82) is 0 Å². The normalized spacial score (nSPS) is 6.75. The van der Waals surface area contributed by atoms with Crippen LogP contribution in [0.4, 0.5) is 0 Å². The molecule has 43 valence electrons. The van der Waals surface area contributed by atoms with Crippen molar-refractivity contribution in [2.75, 3.05) is 14.1 Å². The molecule has 8 heavy (non-hydrogen) atoms. The first-order valence-corrected chi connectivity index (χ1v) is 1.94. The molecule has 0 aliphatic rings. The summed E-state index contributed by atoms with van der Waals surface area (Å²) in [5, 5.41) is 0. The fourth-order valence-electron chi connectivity index (χ4n) is 0.149. The summed E-state index contributed by atoms with van der Waals surface area (Å²) in [5.74, 6) is -0.167. The number of hydrogen-bond donors (Lipinski definition) is 0. The number of hydrogen-bond acceptors (Lipinski definition) is 1. The number of carbonyl (C=O) groups excluding carboxylic acids is 1. The first-order valence-electron chi connectivity index (χ1n) is 1.94. The van der Waals surface area contributed by atoms with E-state index in [4.69, 9.17) is 6.58 Å². The Labute approximate surface area is 74.8 Å². The minimum absolute atomic E-state index is 0. The maximum atomic E-state index is 10.3. The molecule has 0 atom stereocenters. The molecular weight excluding hydrogens is 179 g/mol. The zero-order valence-corrected chi connectivity index (χ0v) is 7.93. The van der Waals surface area contributed by atoms with Gasteiger partial charge >= 0.3 is 0 Å². The Morgan fingerprint density at radius 2 is 2.00 bits per heavy atom. The summed E-state index contributed by atoms with van der Waals surface area (Å²) >= 11 is 0. The zero-order valence-electron chi connectivity index (χ0n) is 5.09. The fourth-order valence-corrected chi connectivity index (χ4v) is 0.149. The van der Waals surface area contributed by atoms with Crippen LogP contribution in [-0.4, -0.2) is 24.9 Å². The maximum Gasteiger partial charge on any atom is 0.0863 e. The Morgan fingerprint density at radius 1 is 1.62 bits per heavy atom. The summed E-state index contributed by atoms with van der Waals surface area (Å²) in [7, 11) is 3.29. The van der Waals surface area contributed by atoms with Gasteiger partial charge in [0.1, 0.15) is 0 Å². The van der Waals surface area contributed by atoms with Gasteiger partial charge < -0.3 is 9.69 Å². The van der Waals surface area contributed by atoms with E-state index in [-0.39, 0.29) is 38.6 Å². The first kappa shape index (κ1) is 11.2. The van der Waals surface area contributed by atoms with Crippen molar-refractivity contribution < 1.29 is 37.5 Å². The molecule has 0 aliphatic carbocycles.